The van der Waals surface area contributed by atoms with E-state index < -0.39 is 0 Å². The Balaban J connectivity index is -0.000000297. The average molecular weight is 697 g/mol. The molecular formula is C45H64N2O4. The van der Waals surface area contributed by atoms with Crippen LogP contribution in [0, 0.1) is 0 Å². The molecule has 278 valence electrons. The van der Waals surface area contributed by atoms with E-state index in [0.717, 1.165) is 22.6 Å². The topological polar surface area (TPSA) is 74.8 Å². The zero-order valence-corrected chi connectivity index (χ0v) is 27.6. The highest BCUT2D eigenvalue weighted by molar-refractivity contribution is 6.28. The average Bonchev–Trinajstić information content (AvgIpc) is 3.66. The molecule has 4 amide bonds. The van der Waals surface area contributed by atoms with Crippen LogP contribution in [0.1, 0.15) is 89.8 Å². The van der Waals surface area contributed by atoms with Gasteiger partial charge in [0.25, 0.3) is 23.6 Å². The smallest absolute Gasteiger partial charge is 0.258 e. The zero-order valence-electron chi connectivity index (χ0n) is 27.6. The van der Waals surface area contributed by atoms with Crippen molar-refractivity contribution in [3.63, 3.8) is 0 Å². The molecule has 6 nitrogen and oxygen atoms in total. The summed E-state index contributed by atoms with van der Waals surface area (Å²) in [7, 11) is 0. The molecule has 0 saturated heterocycles. The van der Waals surface area contributed by atoms with E-state index in [1.54, 1.807) is 48.5 Å². The largest absolute Gasteiger partial charge is 0.269 e. The minimum atomic E-state index is -0.281. The van der Waals surface area contributed by atoms with Crippen LogP contribution in [0.4, 0.5) is 11.4 Å². The summed E-state index contributed by atoms with van der Waals surface area (Å²) in [4.78, 5) is 47.1. The first-order chi connectivity index (χ1) is 22.4. The summed E-state index contributed by atoms with van der Waals surface area (Å²) in [6.07, 6.45) is 7.30. The van der Waals surface area contributed by atoms with E-state index in [1.165, 1.54) is 46.6 Å². The van der Waals surface area contributed by atoms with Crippen LogP contribution in [-0.4, -0.2) is 23.6 Å². The normalized spacial score (nSPS) is 11.4. The summed E-state index contributed by atoms with van der Waals surface area (Å²) in [5, 5.41) is 0. The van der Waals surface area contributed by atoms with Gasteiger partial charge in [-0.3, -0.25) is 19.2 Å². The van der Waals surface area contributed by atoms with Gasteiger partial charge in [-0.05, 0) is 59.4 Å². The van der Waals surface area contributed by atoms with Crippen molar-refractivity contribution in [1.29, 1.82) is 0 Å². The van der Waals surface area contributed by atoms with Crippen molar-refractivity contribution < 1.29 is 19.2 Å². The zero-order chi connectivity index (χ0) is 33.9. The second-order valence-electron chi connectivity index (χ2n) is 9.46. The van der Waals surface area contributed by atoms with Crippen molar-refractivity contribution in [2.45, 2.75) is 91.5 Å². The molecule has 0 atom stereocenters. The molecule has 6 heteroatoms. The van der Waals surface area contributed by atoms with E-state index in [4.69, 9.17) is 0 Å². The Labute approximate surface area is 310 Å². The summed E-state index contributed by atoms with van der Waals surface area (Å²) in [6, 6.07) is 35.4. The summed E-state index contributed by atoms with van der Waals surface area (Å²) in [6.45, 7) is 12.4. The molecule has 6 rings (SSSR count). The number of hydrogen-bond acceptors (Lipinski definition) is 4. The lowest BCUT2D eigenvalue weighted by molar-refractivity contribution is -0.121. The molecule has 0 unspecified atom stereocenters. The molecule has 0 bridgehead atoms. The van der Waals surface area contributed by atoms with E-state index in [2.05, 4.69) is 62.4 Å². The third-order valence-electron chi connectivity index (χ3n) is 6.71. The molecule has 2 aliphatic heterocycles. The van der Waals surface area contributed by atoms with E-state index in [1.807, 2.05) is 39.8 Å². The van der Waals surface area contributed by atoms with E-state index in [-0.39, 0.29) is 60.8 Å². The number of benzene rings is 4. The van der Waals surface area contributed by atoms with Crippen LogP contribution in [0.5, 0.6) is 0 Å². The highest BCUT2D eigenvalue weighted by Gasteiger charge is 2.25. The van der Waals surface area contributed by atoms with Gasteiger partial charge in [0.15, 0.2) is 0 Å². The lowest BCUT2D eigenvalue weighted by Crippen LogP contribution is -2.29. The summed E-state index contributed by atoms with van der Waals surface area (Å²) in [5.74, 6) is -1.13. The van der Waals surface area contributed by atoms with Crippen LogP contribution in [0.3, 0.4) is 0 Å². The standard InChI is InChI=1S/C16H18.2C10H7NO2.2C2H6.5CH4/c1-3-13-5-9-15(10-6-13)16-11-7-14(4-2)8-12-16;2*12-9-6-7-10(13)11(9)8-4-2-1-3-5-8;2*1-2;;;;;/h5-12H,3-4H2,1-2H3;2*1-7H;2*1-2H3;5*1H4. The number of anilines is 2. The van der Waals surface area contributed by atoms with Crippen molar-refractivity contribution >= 4 is 35.0 Å². The van der Waals surface area contributed by atoms with Crippen molar-refractivity contribution in [1.82, 2.24) is 0 Å². The Morgan fingerprint density at radius 1 is 0.373 bits per heavy atom. The van der Waals surface area contributed by atoms with Gasteiger partial charge in [-0.1, -0.05) is 164 Å². The molecular weight excluding hydrogens is 633 g/mol. The summed E-state index contributed by atoms with van der Waals surface area (Å²) < 4.78 is 0. The molecule has 4 aromatic rings. The number of imide groups is 2. The molecule has 0 fully saturated rings. The van der Waals surface area contributed by atoms with Gasteiger partial charge >= 0.3 is 0 Å². The summed E-state index contributed by atoms with van der Waals surface area (Å²) in [5.41, 5.74) is 6.63. The molecule has 51 heavy (non-hydrogen) atoms. The van der Waals surface area contributed by atoms with E-state index in [9.17, 15) is 19.2 Å². The monoisotopic (exact) mass is 696 g/mol. The fourth-order valence-corrected chi connectivity index (χ4v) is 4.33. The number of rotatable bonds is 5. The Hall–Kier alpha value is -5.36. The Morgan fingerprint density at radius 3 is 0.824 bits per heavy atom. The van der Waals surface area contributed by atoms with Crippen LogP contribution in [-0.2, 0) is 32.0 Å². The number of para-hydroxylation sites is 2. The number of aryl methyl sites for hydroxylation is 2. The maximum absolute atomic E-state index is 11.2. The van der Waals surface area contributed by atoms with Gasteiger partial charge in [-0.15, -0.1) is 0 Å². The predicted octanol–water partition coefficient (Wildman–Crippen LogP) is 11.9. The third kappa shape index (κ3) is 15.4. The van der Waals surface area contributed by atoms with Gasteiger partial charge in [-0.2, -0.15) is 0 Å². The number of carbonyl (C=O) groups excluding carboxylic acids is 4. The molecule has 0 saturated carbocycles. The van der Waals surface area contributed by atoms with Crippen LogP contribution < -0.4 is 9.80 Å². The molecule has 2 aliphatic rings. The van der Waals surface area contributed by atoms with E-state index >= 15 is 0 Å². The second kappa shape index (κ2) is 28.5. The van der Waals surface area contributed by atoms with E-state index in [0.29, 0.717) is 11.4 Å². The van der Waals surface area contributed by atoms with Gasteiger partial charge in [0, 0.05) is 24.3 Å². The van der Waals surface area contributed by atoms with Crippen molar-refractivity contribution in [2.75, 3.05) is 9.80 Å². The fraction of sp³-hybridized carbons (Fsp3) is 0.289. The molecule has 0 N–H and O–H groups in total. The molecule has 0 aromatic heterocycles. The predicted molar refractivity (Wildman–Crippen MR) is 223 cm³/mol. The number of amides is 4. The van der Waals surface area contributed by atoms with Crippen LogP contribution in [0.2, 0.25) is 0 Å². The summed E-state index contributed by atoms with van der Waals surface area (Å²) >= 11 is 0. The highest BCUT2D eigenvalue weighted by Crippen LogP contribution is 2.21. The maximum Gasteiger partial charge on any atom is 0.258 e. The number of carbonyl (C=O) groups is 4. The lowest BCUT2D eigenvalue weighted by Gasteiger charge is -2.12. The molecule has 2 heterocycles. The maximum atomic E-state index is 11.2. The number of nitrogens with zero attached hydrogens (tertiary/aromatic N) is 2. The van der Waals surface area contributed by atoms with Gasteiger partial charge in [0.05, 0.1) is 11.4 Å². The van der Waals surface area contributed by atoms with Crippen LogP contribution >= 0.6 is 0 Å². The third-order valence-corrected chi connectivity index (χ3v) is 6.71. The SMILES string of the molecule is C.C.C.C.C.CC.CC.CCc1ccc(-c2ccc(CC)cc2)cc1.O=C1C=CC(=O)N1c1ccccc1.O=C1C=CC(=O)N1c1ccccc1. The Morgan fingerprint density at radius 2 is 0.608 bits per heavy atom. The van der Waals surface area contributed by atoms with Crippen molar-refractivity contribution in [3.8, 4) is 11.1 Å². The lowest BCUT2D eigenvalue weighted by atomic mass is 10.0. The van der Waals surface area contributed by atoms with Crippen LogP contribution in [0.15, 0.2) is 133 Å². The fourth-order valence-electron chi connectivity index (χ4n) is 4.33. The first-order valence-corrected chi connectivity index (χ1v) is 15.8. The Bertz CT molecular complexity index is 1430. The quantitative estimate of drug-likeness (QED) is 0.195. The first kappa shape index (κ1) is 52.5. The Kier molecular flexibility index (Phi) is 29.3. The molecule has 4 aromatic carbocycles. The van der Waals surface area contributed by atoms with Gasteiger partial charge in [-0.25, -0.2) is 9.80 Å². The van der Waals surface area contributed by atoms with Gasteiger partial charge in [0.1, 0.15) is 0 Å². The minimum absolute atomic E-state index is 0. The van der Waals surface area contributed by atoms with Crippen LogP contribution in [0.25, 0.3) is 11.1 Å². The van der Waals surface area contributed by atoms with Gasteiger partial charge in [0.2, 0.25) is 0 Å². The molecule has 0 radical (unpaired) electrons. The van der Waals surface area contributed by atoms with Crippen molar-refractivity contribution in [3.05, 3.63) is 145 Å². The van der Waals surface area contributed by atoms with Gasteiger partial charge < -0.3 is 0 Å². The molecule has 0 aliphatic carbocycles. The highest BCUT2D eigenvalue weighted by atomic mass is 16.2. The van der Waals surface area contributed by atoms with Crippen molar-refractivity contribution in [2.24, 2.45) is 0 Å². The second-order valence-corrected chi connectivity index (χ2v) is 9.46. The number of hydrogen-bond donors (Lipinski definition) is 0. The first-order valence-electron chi connectivity index (χ1n) is 15.8. The minimum Gasteiger partial charge on any atom is -0.269 e. The molecule has 0 spiro atoms.